The zero-order valence-corrected chi connectivity index (χ0v) is 30.8. The van der Waals surface area contributed by atoms with Crippen molar-refractivity contribution in [1.29, 1.82) is 0 Å². The molecule has 0 fully saturated rings. The maximum Gasteiger partial charge on any atom is 2.00 e. The van der Waals surface area contributed by atoms with Gasteiger partial charge in [0.15, 0.2) is 0 Å². The molecular formula is C34H62CaN4O8. The van der Waals surface area contributed by atoms with Crippen molar-refractivity contribution in [3.05, 3.63) is 50.6 Å². The normalized spacial score (nSPS) is 13.4. The molecule has 4 unspecified atom stereocenters. The van der Waals surface area contributed by atoms with Crippen LogP contribution in [0.1, 0.15) is 64.2 Å². The molecular weight excluding hydrogens is 632 g/mol. The molecule has 268 valence electrons. The van der Waals surface area contributed by atoms with Gasteiger partial charge in [-0.2, -0.15) is 0 Å². The summed E-state index contributed by atoms with van der Waals surface area (Å²) in [5, 5.41) is 66.8. The van der Waals surface area contributed by atoms with Crippen LogP contribution in [0, 0.1) is 0 Å². The van der Waals surface area contributed by atoms with Crippen LogP contribution in [0.2, 0.25) is 0 Å². The summed E-state index contributed by atoms with van der Waals surface area (Å²) in [4.78, 5) is 25.0. The number of hydrogen-bond donors (Lipinski definition) is 6. The molecule has 0 saturated carbocycles. The topological polar surface area (TPSA) is 192 Å². The van der Waals surface area contributed by atoms with Gasteiger partial charge in [-0.3, -0.25) is 9.80 Å². The van der Waals surface area contributed by atoms with E-state index < -0.39 is 36.4 Å². The molecule has 6 N–H and O–H groups in total. The molecule has 0 aliphatic carbocycles. The van der Waals surface area contributed by atoms with Gasteiger partial charge in [-0.1, -0.05) is 24.3 Å². The van der Waals surface area contributed by atoms with E-state index in [4.69, 9.17) is 0 Å². The van der Waals surface area contributed by atoms with E-state index in [0.29, 0.717) is 91.1 Å². The van der Waals surface area contributed by atoms with E-state index in [9.17, 15) is 40.2 Å². The smallest absolute Gasteiger partial charge is 0.550 e. The molecule has 0 aliphatic rings. The van der Waals surface area contributed by atoms with Crippen molar-refractivity contribution in [2.75, 3.05) is 65.4 Å². The van der Waals surface area contributed by atoms with E-state index in [1.165, 1.54) is 0 Å². The van der Waals surface area contributed by atoms with Crippen LogP contribution in [0.5, 0.6) is 0 Å². The number of allylic oxidation sites excluding steroid dienone is 4. The Balaban J connectivity index is -0.000000807. The number of nitrogens with zero attached hydrogens (tertiary/aromatic N) is 2. The average molecular weight is 695 g/mol. The van der Waals surface area contributed by atoms with Crippen LogP contribution in [0.15, 0.2) is 50.6 Å². The molecule has 0 bridgehead atoms. The van der Waals surface area contributed by atoms with Crippen molar-refractivity contribution < 1.29 is 40.2 Å². The maximum atomic E-state index is 10.6. The van der Waals surface area contributed by atoms with E-state index in [1.54, 1.807) is 24.3 Å². The van der Waals surface area contributed by atoms with E-state index in [1.807, 2.05) is 9.80 Å². The van der Waals surface area contributed by atoms with Crippen molar-refractivity contribution in [2.24, 2.45) is 0 Å². The molecule has 0 aromatic rings. The Morgan fingerprint density at radius 1 is 0.574 bits per heavy atom. The number of rotatable bonds is 32. The van der Waals surface area contributed by atoms with E-state index in [-0.39, 0.29) is 50.6 Å². The third kappa shape index (κ3) is 37.5. The number of hydrogen-bond acceptors (Lipinski definition) is 12. The maximum absolute atomic E-state index is 10.6. The zero-order chi connectivity index (χ0) is 35.0. The van der Waals surface area contributed by atoms with Gasteiger partial charge in [0.05, 0.1) is 24.4 Å². The summed E-state index contributed by atoms with van der Waals surface area (Å²) in [6.45, 7) is 19.4. The van der Waals surface area contributed by atoms with Gasteiger partial charge in [-0.15, -0.1) is 26.3 Å². The molecule has 47 heavy (non-hydrogen) atoms. The fraction of sp³-hybridized carbons (Fsp3) is 0.706. The Labute approximate surface area is 313 Å². The third-order valence-corrected chi connectivity index (χ3v) is 6.99. The van der Waals surface area contributed by atoms with Crippen LogP contribution in [0.25, 0.3) is 0 Å². The first-order valence-electron chi connectivity index (χ1n) is 16.4. The minimum atomic E-state index is -1.09. The predicted molar refractivity (Wildman–Crippen MR) is 185 cm³/mol. The second kappa shape index (κ2) is 36.1. The van der Waals surface area contributed by atoms with E-state index >= 15 is 0 Å². The molecule has 0 heterocycles. The first-order valence-corrected chi connectivity index (χ1v) is 16.4. The predicted octanol–water partition coefficient (Wildman–Crippen LogP) is -1.04. The number of carboxylic acids is 2. The van der Waals surface area contributed by atoms with Crippen molar-refractivity contribution in [3.63, 3.8) is 0 Å². The summed E-state index contributed by atoms with van der Waals surface area (Å²) in [7, 11) is 0. The van der Waals surface area contributed by atoms with Crippen molar-refractivity contribution in [3.8, 4) is 0 Å². The fourth-order valence-electron chi connectivity index (χ4n) is 4.32. The molecule has 0 radical (unpaired) electrons. The summed E-state index contributed by atoms with van der Waals surface area (Å²) < 4.78 is 0. The molecule has 0 aliphatic heterocycles. The Morgan fingerprint density at radius 3 is 1.15 bits per heavy atom. The number of carboxylic acid groups (broad SMARTS) is 2. The average Bonchev–Trinajstić information content (AvgIpc) is 3.02. The Bertz CT molecular complexity index is 744. The molecule has 0 amide bonds. The molecule has 0 aromatic heterocycles. The van der Waals surface area contributed by atoms with Gasteiger partial charge in [0.25, 0.3) is 0 Å². The minimum Gasteiger partial charge on any atom is -0.550 e. The standard InChI is InChI=1S/2C17H32N2O4.Ca/c2*1-3-5-7-15(20)13-18-10-12-19(11-9-17(22)23)14-16(21)8-6-4-2;/h2*3-4,15-16,18,20-21H,1-2,5-14H2,(H,22,23);/q;;+2/p-2. The molecule has 0 spiro atoms. The van der Waals surface area contributed by atoms with Gasteiger partial charge in [0.1, 0.15) is 0 Å². The minimum absolute atomic E-state index is 0. The number of carbonyl (C=O) groups excluding carboxylic acids is 2. The van der Waals surface area contributed by atoms with Gasteiger partial charge in [-0.25, -0.2) is 0 Å². The number of aliphatic hydroxyl groups excluding tert-OH is 4. The molecule has 0 saturated heterocycles. The third-order valence-electron chi connectivity index (χ3n) is 6.99. The van der Waals surface area contributed by atoms with Gasteiger partial charge in [-0.05, 0) is 64.2 Å². The Hall–Kier alpha value is -1.16. The van der Waals surface area contributed by atoms with Gasteiger partial charge in [0.2, 0.25) is 0 Å². The van der Waals surface area contributed by atoms with Crippen molar-refractivity contribution in [1.82, 2.24) is 20.4 Å². The van der Waals surface area contributed by atoms with E-state index in [0.717, 1.165) is 25.7 Å². The summed E-state index contributed by atoms with van der Waals surface area (Å²) in [5.41, 5.74) is 0. The van der Waals surface area contributed by atoms with Crippen molar-refractivity contribution >= 4 is 49.7 Å². The summed E-state index contributed by atoms with van der Waals surface area (Å²) in [5.74, 6) is -2.19. The monoisotopic (exact) mass is 694 g/mol. The Kier molecular flexibility index (Phi) is 38.6. The number of aliphatic hydroxyl groups is 4. The summed E-state index contributed by atoms with van der Waals surface area (Å²) in [6, 6.07) is 0. The van der Waals surface area contributed by atoms with Crippen LogP contribution in [0.3, 0.4) is 0 Å². The van der Waals surface area contributed by atoms with Crippen LogP contribution in [-0.4, -0.2) is 170 Å². The summed E-state index contributed by atoms with van der Waals surface area (Å²) in [6.07, 6.45) is 10.7. The van der Waals surface area contributed by atoms with Crippen LogP contribution in [-0.2, 0) is 9.59 Å². The quantitative estimate of drug-likeness (QED) is 0.0286. The van der Waals surface area contributed by atoms with Gasteiger partial charge in [0, 0.05) is 77.4 Å². The van der Waals surface area contributed by atoms with Crippen LogP contribution >= 0.6 is 0 Å². The molecule has 13 heteroatoms. The molecule has 0 aromatic carbocycles. The fourth-order valence-corrected chi connectivity index (χ4v) is 4.32. The molecule has 4 atom stereocenters. The van der Waals surface area contributed by atoms with Crippen molar-refractivity contribution in [2.45, 2.75) is 88.6 Å². The second-order valence-electron chi connectivity index (χ2n) is 11.3. The van der Waals surface area contributed by atoms with Crippen LogP contribution < -0.4 is 20.8 Å². The first-order chi connectivity index (χ1) is 22.0. The number of nitrogens with one attached hydrogen (secondary N) is 2. The molecule has 0 rings (SSSR count). The number of aliphatic carboxylic acids is 2. The largest absolute Gasteiger partial charge is 2.00 e. The van der Waals surface area contributed by atoms with Gasteiger partial charge < -0.3 is 50.9 Å². The van der Waals surface area contributed by atoms with Crippen LogP contribution in [0.4, 0.5) is 0 Å². The second-order valence-corrected chi connectivity index (χ2v) is 11.3. The zero-order valence-electron chi connectivity index (χ0n) is 28.6. The molecule has 12 nitrogen and oxygen atoms in total. The SMILES string of the molecule is C=CCCC(O)CNCCN(CCC(=O)[O-])CC(O)CCC=C.C=CCCC(O)CNCCN(CCC(=O)[O-])CC(O)CCC=C.[Ca+2]. The first kappa shape index (κ1) is 50.2. The van der Waals surface area contributed by atoms with Gasteiger partial charge >= 0.3 is 37.7 Å². The Morgan fingerprint density at radius 2 is 0.872 bits per heavy atom. The number of carbonyl (C=O) groups is 2. The summed E-state index contributed by atoms with van der Waals surface area (Å²) >= 11 is 0. The van der Waals surface area contributed by atoms with E-state index in [2.05, 4.69) is 36.9 Å².